The quantitative estimate of drug-likeness (QED) is 0.322. The monoisotopic (exact) mass is 343 g/mol. The molecule has 124 valence electrons. The van der Waals surface area contributed by atoms with Crippen molar-refractivity contribution in [2.75, 3.05) is 12.9 Å². The van der Waals surface area contributed by atoms with Gasteiger partial charge in [-0.2, -0.15) is 0 Å². The fourth-order valence-electron chi connectivity index (χ4n) is 2.33. The van der Waals surface area contributed by atoms with Gasteiger partial charge in [-0.25, -0.2) is 9.59 Å². The molecule has 0 unspecified atom stereocenters. The summed E-state index contributed by atoms with van der Waals surface area (Å²) >= 11 is 1.14. The van der Waals surface area contributed by atoms with Gasteiger partial charge in [0.1, 0.15) is 24.2 Å². The van der Waals surface area contributed by atoms with Crippen LogP contribution in [0.3, 0.4) is 0 Å². The van der Waals surface area contributed by atoms with Crippen LogP contribution in [-0.2, 0) is 24.0 Å². The zero-order valence-corrected chi connectivity index (χ0v) is 12.9. The van der Waals surface area contributed by atoms with Crippen LogP contribution in [0.2, 0.25) is 0 Å². The van der Waals surface area contributed by atoms with Gasteiger partial charge >= 0.3 is 11.9 Å². The molecule has 2 aliphatic rings. The summed E-state index contributed by atoms with van der Waals surface area (Å²) in [5.41, 5.74) is -1.16. The summed E-state index contributed by atoms with van der Waals surface area (Å²) in [5.74, 6) is -3.95. The lowest BCUT2D eigenvalue weighted by Gasteiger charge is -2.49. The number of rotatable bonds is 5. The van der Waals surface area contributed by atoms with Gasteiger partial charge in [0.15, 0.2) is 5.71 Å². The van der Waals surface area contributed by atoms with E-state index in [1.165, 1.54) is 6.92 Å². The highest BCUT2D eigenvalue weighted by atomic mass is 32.2. The maximum atomic E-state index is 12.1. The summed E-state index contributed by atoms with van der Waals surface area (Å²) < 4.78 is 0. The van der Waals surface area contributed by atoms with Gasteiger partial charge in [-0.1, -0.05) is 5.16 Å². The second kappa shape index (κ2) is 6.28. The SMILES string of the molecule is CON=C(C(=O)O)C1=C(C(=O)O)N2C(=O)[C@@H](NC(C)=O)[C@@H]2SC1. The third-order valence-electron chi connectivity index (χ3n) is 3.20. The Labute approximate surface area is 134 Å². The topological polar surface area (TPSA) is 146 Å². The molecule has 23 heavy (non-hydrogen) atoms. The van der Waals surface area contributed by atoms with E-state index in [1.54, 1.807) is 0 Å². The third-order valence-corrected chi connectivity index (χ3v) is 4.48. The number of aliphatic carboxylic acids is 2. The Morgan fingerprint density at radius 1 is 1.39 bits per heavy atom. The van der Waals surface area contributed by atoms with Crippen molar-refractivity contribution in [1.82, 2.24) is 10.2 Å². The molecule has 0 aromatic rings. The van der Waals surface area contributed by atoms with Gasteiger partial charge in [0.05, 0.1) is 0 Å². The minimum absolute atomic E-state index is 0.000653. The summed E-state index contributed by atoms with van der Waals surface area (Å²) in [4.78, 5) is 51.4. The van der Waals surface area contributed by atoms with Crippen molar-refractivity contribution in [2.45, 2.75) is 18.3 Å². The molecule has 10 nitrogen and oxygen atoms in total. The standard InChI is InChI=1S/C12H13N3O7S/c1-4(16)13-7-9(17)15-8(12(20)21)5(3-23-10(7)15)6(11(18)19)14-22-2/h7,10H,3H2,1-2H3,(H,13,16)(H,18,19)(H,20,21)/t7-,10+/m1/s1. The van der Waals surface area contributed by atoms with Crippen LogP contribution in [0.5, 0.6) is 0 Å². The molecular weight excluding hydrogens is 330 g/mol. The first-order valence-electron chi connectivity index (χ1n) is 6.32. The molecule has 1 fully saturated rings. The minimum Gasteiger partial charge on any atom is -0.477 e. The number of oxime groups is 1. The average molecular weight is 343 g/mol. The van der Waals surface area contributed by atoms with E-state index >= 15 is 0 Å². The molecule has 2 atom stereocenters. The number of carboxylic acid groups (broad SMARTS) is 2. The van der Waals surface area contributed by atoms with Crippen molar-refractivity contribution in [3.05, 3.63) is 11.3 Å². The van der Waals surface area contributed by atoms with Gasteiger partial charge < -0.3 is 20.4 Å². The molecule has 2 amide bonds. The van der Waals surface area contributed by atoms with Crippen LogP contribution >= 0.6 is 11.8 Å². The van der Waals surface area contributed by atoms with E-state index in [2.05, 4.69) is 15.3 Å². The lowest BCUT2D eigenvalue weighted by atomic mass is 10.0. The average Bonchev–Trinajstić information content (AvgIpc) is 2.48. The molecule has 0 aromatic carbocycles. The van der Waals surface area contributed by atoms with Gasteiger partial charge in [0.25, 0.3) is 5.91 Å². The summed E-state index contributed by atoms with van der Waals surface area (Å²) in [5, 5.41) is 23.7. The molecule has 1 saturated heterocycles. The summed E-state index contributed by atoms with van der Waals surface area (Å²) in [6.07, 6.45) is 0. The van der Waals surface area contributed by atoms with Crippen LogP contribution in [0.25, 0.3) is 0 Å². The second-order valence-electron chi connectivity index (χ2n) is 4.65. The third kappa shape index (κ3) is 2.86. The van der Waals surface area contributed by atoms with Crippen LogP contribution < -0.4 is 5.32 Å². The Balaban J connectivity index is 2.44. The molecular formula is C12H13N3O7S. The van der Waals surface area contributed by atoms with Gasteiger partial charge in [0, 0.05) is 18.2 Å². The van der Waals surface area contributed by atoms with E-state index in [0.29, 0.717) is 0 Å². The Hall–Kier alpha value is -2.56. The Morgan fingerprint density at radius 2 is 2.04 bits per heavy atom. The van der Waals surface area contributed by atoms with E-state index in [0.717, 1.165) is 23.8 Å². The second-order valence-corrected chi connectivity index (χ2v) is 5.75. The molecule has 11 heteroatoms. The predicted octanol–water partition coefficient (Wildman–Crippen LogP) is -1.17. The number of carboxylic acids is 2. The van der Waals surface area contributed by atoms with E-state index in [9.17, 15) is 24.3 Å². The van der Waals surface area contributed by atoms with Crippen LogP contribution in [0.4, 0.5) is 0 Å². The molecule has 2 aliphatic heterocycles. The number of carbonyl (C=O) groups is 4. The first-order chi connectivity index (χ1) is 10.8. The molecule has 2 heterocycles. The van der Waals surface area contributed by atoms with E-state index in [1.807, 2.05) is 0 Å². The number of thioether (sulfide) groups is 1. The van der Waals surface area contributed by atoms with Crippen LogP contribution in [0, 0.1) is 0 Å². The molecule has 0 saturated carbocycles. The van der Waals surface area contributed by atoms with Gasteiger partial charge in [-0.05, 0) is 0 Å². The predicted molar refractivity (Wildman–Crippen MR) is 77.4 cm³/mol. The highest BCUT2D eigenvalue weighted by molar-refractivity contribution is 8.00. The number of hydrogen-bond acceptors (Lipinski definition) is 7. The number of hydrogen-bond donors (Lipinski definition) is 3. The van der Waals surface area contributed by atoms with Crippen LogP contribution in [0.1, 0.15) is 6.92 Å². The highest BCUT2D eigenvalue weighted by Gasteiger charge is 2.54. The maximum absolute atomic E-state index is 12.1. The zero-order valence-electron chi connectivity index (χ0n) is 12.1. The number of nitrogens with zero attached hydrogens (tertiary/aromatic N) is 2. The normalized spacial score (nSPS) is 23.8. The lowest BCUT2D eigenvalue weighted by molar-refractivity contribution is -0.150. The number of carbonyl (C=O) groups excluding carboxylic acids is 2. The number of amides is 2. The molecule has 0 spiro atoms. The summed E-state index contributed by atoms with van der Waals surface area (Å²) in [7, 11) is 1.13. The zero-order chi connectivity index (χ0) is 17.3. The fourth-order valence-corrected chi connectivity index (χ4v) is 3.68. The number of nitrogens with one attached hydrogen (secondary N) is 1. The number of fused-ring (bicyclic) bond motifs is 1. The fraction of sp³-hybridized carbons (Fsp3) is 0.417. The van der Waals surface area contributed by atoms with E-state index in [-0.39, 0.29) is 11.3 Å². The Bertz CT molecular complexity index is 657. The molecule has 3 N–H and O–H groups in total. The summed E-state index contributed by atoms with van der Waals surface area (Å²) in [6.45, 7) is 1.25. The van der Waals surface area contributed by atoms with E-state index in [4.69, 9.17) is 5.11 Å². The maximum Gasteiger partial charge on any atom is 0.358 e. The first-order valence-corrected chi connectivity index (χ1v) is 7.37. The van der Waals surface area contributed by atoms with Crippen molar-refractivity contribution in [2.24, 2.45) is 5.16 Å². The molecule has 2 rings (SSSR count). The van der Waals surface area contributed by atoms with Crippen LogP contribution in [-0.4, -0.2) is 68.9 Å². The number of β-lactam (4-membered cyclic amide) rings is 1. The smallest absolute Gasteiger partial charge is 0.358 e. The van der Waals surface area contributed by atoms with Crippen molar-refractivity contribution < 1.29 is 34.2 Å². The minimum atomic E-state index is -1.47. The van der Waals surface area contributed by atoms with Crippen molar-refractivity contribution in [3.8, 4) is 0 Å². The largest absolute Gasteiger partial charge is 0.477 e. The molecule has 0 bridgehead atoms. The van der Waals surface area contributed by atoms with Gasteiger partial charge in [-0.3, -0.25) is 14.5 Å². The van der Waals surface area contributed by atoms with Crippen molar-refractivity contribution in [3.63, 3.8) is 0 Å². The van der Waals surface area contributed by atoms with Crippen molar-refractivity contribution in [1.29, 1.82) is 0 Å². The first kappa shape index (κ1) is 16.8. The summed E-state index contributed by atoms with van der Waals surface area (Å²) in [6, 6.07) is -0.832. The molecule has 0 aromatic heterocycles. The van der Waals surface area contributed by atoms with Gasteiger partial charge in [0.2, 0.25) is 5.91 Å². The molecule has 0 radical (unpaired) electrons. The Kier molecular flexibility index (Phi) is 4.59. The lowest BCUT2D eigenvalue weighted by Crippen LogP contribution is -2.70. The van der Waals surface area contributed by atoms with Gasteiger partial charge in [-0.15, -0.1) is 11.8 Å². The van der Waals surface area contributed by atoms with Crippen molar-refractivity contribution >= 4 is 41.2 Å². The van der Waals surface area contributed by atoms with E-state index < -0.39 is 46.6 Å². The highest BCUT2D eigenvalue weighted by Crippen LogP contribution is 2.40. The van der Waals surface area contributed by atoms with Crippen LogP contribution in [0.15, 0.2) is 16.4 Å². The Morgan fingerprint density at radius 3 is 2.52 bits per heavy atom. The molecule has 0 aliphatic carbocycles.